The van der Waals surface area contributed by atoms with Gasteiger partial charge < -0.3 is 11.1 Å². The third-order valence-electron chi connectivity index (χ3n) is 5.35. The van der Waals surface area contributed by atoms with Gasteiger partial charge in [-0.05, 0) is 42.3 Å². The van der Waals surface area contributed by atoms with Crippen LogP contribution in [0.15, 0.2) is 42.7 Å². The number of hydrogen-bond donors (Lipinski definition) is 2. The van der Waals surface area contributed by atoms with Crippen molar-refractivity contribution in [1.82, 2.24) is 9.97 Å². The van der Waals surface area contributed by atoms with Gasteiger partial charge in [-0.1, -0.05) is 42.6 Å². The SMILES string of the molecule is Nc1nccc2cc(CCC(=O)c3cc(Cl)cnc3NC3CCCC3)ccc12. The van der Waals surface area contributed by atoms with Crippen molar-refractivity contribution in [2.24, 2.45) is 0 Å². The van der Waals surface area contributed by atoms with Crippen molar-refractivity contribution in [3.05, 3.63) is 58.9 Å². The first-order valence-electron chi connectivity index (χ1n) is 9.68. The number of aryl methyl sites for hydroxylation is 1. The van der Waals surface area contributed by atoms with Gasteiger partial charge in [0.05, 0.1) is 10.6 Å². The summed E-state index contributed by atoms with van der Waals surface area (Å²) in [4.78, 5) is 21.4. The third-order valence-corrected chi connectivity index (χ3v) is 5.56. The van der Waals surface area contributed by atoms with E-state index in [2.05, 4.69) is 21.4 Å². The summed E-state index contributed by atoms with van der Waals surface area (Å²) in [5, 5.41) is 5.88. The fourth-order valence-corrected chi connectivity index (χ4v) is 3.99. The lowest BCUT2D eigenvalue weighted by Gasteiger charge is -2.16. The van der Waals surface area contributed by atoms with E-state index in [0.29, 0.717) is 41.1 Å². The molecule has 0 spiro atoms. The number of Topliss-reactive ketones (excluding diaryl/α,β-unsaturated/α-hetero) is 1. The lowest BCUT2D eigenvalue weighted by Crippen LogP contribution is -2.18. The molecule has 0 atom stereocenters. The molecule has 2 heterocycles. The summed E-state index contributed by atoms with van der Waals surface area (Å²) in [5.41, 5.74) is 7.58. The number of nitrogens with two attached hydrogens (primary N) is 1. The normalized spacial score (nSPS) is 14.5. The van der Waals surface area contributed by atoms with E-state index >= 15 is 0 Å². The highest BCUT2D eigenvalue weighted by molar-refractivity contribution is 6.31. The van der Waals surface area contributed by atoms with Gasteiger partial charge in [0.2, 0.25) is 0 Å². The number of nitrogens with one attached hydrogen (secondary N) is 1. The molecular formula is C22H23ClN4O. The first-order chi connectivity index (χ1) is 13.6. The summed E-state index contributed by atoms with van der Waals surface area (Å²) in [5.74, 6) is 1.22. The van der Waals surface area contributed by atoms with E-state index in [9.17, 15) is 4.79 Å². The largest absolute Gasteiger partial charge is 0.383 e. The number of pyridine rings is 2. The van der Waals surface area contributed by atoms with Gasteiger partial charge in [-0.3, -0.25) is 4.79 Å². The number of ketones is 1. The fraction of sp³-hybridized carbons (Fsp3) is 0.318. The number of hydrogen-bond acceptors (Lipinski definition) is 5. The second kappa shape index (κ2) is 8.15. The first kappa shape index (κ1) is 18.7. The minimum Gasteiger partial charge on any atom is -0.383 e. The van der Waals surface area contributed by atoms with Crippen LogP contribution in [0, 0.1) is 0 Å². The van der Waals surface area contributed by atoms with E-state index in [-0.39, 0.29) is 5.78 Å². The van der Waals surface area contributed by atoms with Gasteiger partial charge in [0.1, 0.15) is 11.6 Å². The van der Waals surface area contributed by atoms with E-state index in [1.165, 1.54) is 12.8 Å². The Bertz CT molecular complexity index is 1010. The van der Waals surface area contributed by atoms with E-state index < -0.39 is 0 Å². The summed E-state index contributed by atoms with van der Waals surface area (Å²) in [6, 6.07) is 10.1. The molecule has 0 amide bonds. The number of carbonyl (C=O) groups excluding carboxylic acids is 1. The fourth-order valence-electron chi connectivity index (χ4n) is 3.83. The zero-order valence-corrected chi connectivity index (χ0v) is 16.4. The molecule has 0 radical (unpaired) electrons. The number of anilines is 2. The number of nitrogen functional groups attached to an aromatic ring is 1. The van der Waals surface area contributed by atoms with Crippen LogP contribution in [0.4, 0.5) is 11.6 Å². The zero-order chi connectivity index (χ0) is 19.5. The smallest absolute Gasteiger partial charge is 0.166 e. The Morgan fingerprint density at radius 3 is 2.82 bits per heavy atom. The van der Waals surface area contributed by atoms with Gasteiger partial charge in [-0.2, -0.15) is 0 Å². The molecule has 0 bridgehead atoms. The Labute approximate surface area is 169 Å². The average molecular weight is 395 g/mol. The molecule has 0 saturated heterocycles. The molecule has 4 rings (SSSR count). The Morgan fingerprint density at radius 2 is 2.00 bits per heavy atom. The number of rotatable bonds is 6. The van der Waals surface area contributed by atoms with Crippen molar-refractivity contribution < 1.29 is 4.79 Å². The van der Waals surface area contributed by atoms with Crippen molar-refractivity contribution in [3.8, 4) is 0 Å². The maximum absolute atomic E-state index is 12.9. The molecule has 0 aliphatic heterocycles. The predicted molar refractivity (Wildman–Crippen MR) is 114 cm³/mol. The number of fused-ring (bicyclic) bond motifs is 1. The quantitative estimate of drug-likeness (QED) is 0.572. The Kier molecular flexibility index (Phi) is 5.44. The minimum atomic E-state index is 0.0461. The van der Waals surface area contributed by atoms with E-state index in [0.717, 1.165) is 29.2 Å². The topological polar surface area (TPSA) is 80.9 Å². The molecule has 0 unspecified atom stereocenters. The van der Waals surface area contributed by atoms with Gasteiger partial charge in [0.15, 0.2) is 5.78 Å². The molecule has 5 nitrogen and oxygen atoms in total. The summed E-state index contributed by atoms with van der Waals surface area (Å²) in [7, 11) is 0. The van der Waals surface area contributed by atoms with Gasteiger partial charge in [0, 0.05) is 30.2 Å². The second-order valence-electron chi connectivity index (χ2n) is 7.35. The van der Waals surface area contributed by atoms with E-state index in [1.54, 1.807) is 18.5 Å². The van der Waals surface area contributed by atoms with Crippen molar-refractivity contribution in [2.75, 3.05) is 11.1 Å². The number of benzene rings is 1. The molecule has 2 aromatic heterocycles. The maximum Gasteiger partial charge on any atom is 0.166 e. The highest BCUT2D eigenvalue weighted by Crippen LogP contribution is 2.26. The molecule has 144 valence electrons. The number of nitrogens with zero attached hydrogens (tertiary/aromatic N) is 2. The second-order valence-corrected chi connectivity index (χ2v) is 7.79. The summed E-state index contributed by atoms with van der Waals surface area (Å²) in [6.45, 7) is 0. The van der Waals surface area contributed by atoms with Crippen LogP contribution < -0.4 is 11.1 Å². The van der Waals surface area contributed by atoms with E-state index in [1.807, 2.05) is 18.2 Å². The van der Waals surface area contributed by atoms with E-state index in [4.69, 9.17) is 17.3 Å². The van der Waals surface area contributed by atoms with Crippen LogP contribution in [0.2, 0.25) is 5.02 Å². The van der Waals surface area contributed by atoms with Gasteiger partial charge in [0.25, 0.3) is 0 Å². The lowest BCUT2D eigenvalue weighted by atomic mass is 10.0. The van der Waals surface area contributed by atoms with Crippen LogP contribution in [-0.2, 0) is 6.42 Å². The Hall–Kier alpha value is -2.66. The molecule has 1 aromatic carbocycles. The molecule has 1 fully saturated rings. The standard InChI is InChI=1S/C22H23ClN4O/c23-16-12-19(22(26-13-16)27-17-3-1-2-4-17)20(28)8-6-14-5-7-18-15(11-14)9-10-25-21(18)24/h5,7,9-13,17H,1-4,6,8H2,(H2,24,25)(H,26,27). The monoisotopic (exact) mass is 394 g/mol. The Morgan fingerprint density at radius 1 is 1.18 bits per heavy atom. The minimum absolute atomic E-state index is 0.0461. The molecule has 6 heteroatoms. The van der Waals surface area contributed by atoms with Crippen LogP contribution in [0.3, 0.4) is 0 Å². The van der Waals surface area contributed by atoms with Crippen molar-refractivity contribution in [2.45, 2.75) is 44.6 Å². The zero-order valence-electron chi connectivity index (χ0n) is 15.6. The highest BCUT2D eigenvalue weighted by Gasteiger charge is 2.19. The predicted octanol–water partition coefficient (Wildman–Crippen LogP) is 5.04. The van der Waals surface area contributed by atoms with Crippen LogP contribution in [-0.4, -0.2) is 21.8 Å². The number of aromatic nitrogens is 2. The van der Waals surface area contributed by atoms with Crippen LogP contribution in [0.1, 0.15) is 48.0 Å². The molecule has 3 N–H and O–H groups in total. The lowest BCUT2D eigenvalue weighted by molar-refractivity contribution is 0.0983. The van der Waals surface area contributed by atoms with Gasteiger partial charge in [-0.25, -0.2) is 9.97 Å². The van der Waals surface area contributed by atoms with Crippen LogP contribution >= 0.6 is 11.6 Å². The molecule has 1 saturated carbocycles. The van der Waals surface area contributed by atoms with Crippen molar-refractivity contribution in [3.63, 3.8) is 0 Å². The molecule has 28 heavy (non-hydrogen) atoms. The molecule has 3 aromatic rings. The first-order valence-corrected chi connectivity index (χ1v) is 10.1. The van der Waals surface area contributed by atoms with Crippen LogP contribution in [0.25, 0.3) is 10.8 Å². The summed E-state index contributed by atoms with van der Waals surface area (Å²) in [6.07, 6.45) is 9.01. The van der Waals surface area contributed by atoms with Crippen molar-refractivity contribution in [1.29, 1.82) is 0 Å². The van der Waals surface area contributed by atoms with Gasteiger partial charge in [-0.15, -0.1) is 0 Å². The van der Waals surface area contributed by atoms with Crippen molar-refractivity contribution >= 4 is 39.8 Å². The maximum atomic E-state index is 12.9. The third kappa shape index (κ3) is 4.09. The average Bonchev–Trinajstić information content (AvgIpc) is 3.21. The number of carbonyl (C=O) groups is 1. The van der Waals surface area contributed by atoms with Gasteiger partial charge >= 0.3 is 0 Å². The molecular weight excluding hydrogens is 372 g/mol. The number of halogens is 1. The summed E-state index contributed by atoms with van der Waals surface area (Å²) < 4.78 is 0. The summed E-state index contributed by atoms with van der Waals surface area (Å²) >= 11 is 6.11. The molecule has 1 aliphatic rings. The highest BCUT2D eigenvalue weighted by atomic mass is 35.5. The Balaban J connectivity index is 1.49. The van der Waals surface area contributed by atoms with Crippen LogP contribution in [0.5, 0.6) is 0 Å². The molecule has 1 aliphatic carbocycles.